The van der Waals surface area contributed by atoms with E-state index in [2.05, 4.69) is 36.0 Å². The quantitative estimate of drug-likeness (QED) is 0.859. The number of nitrogens with zero attached hydrogens (tertiary/aromatic N) is 5. The number of likely N-dealkylation sites (tertiary alicyclic amines) is 1. The van der Waals surface area contributed by atoms with Gasteiger partial charge < -0.3 is 14.8 Å². The van der Waals surface area contributed by atoms with E-state index < -0.39 is 0 Å². The van der Waals surface area contributed by atoms with Crippen LogP contribution in [0.4, 0.5) is 0 Å². The summed E-state index contributed by atoms with van der Waals surface area (Å²) in [5.74, 6) is 2.21. The maximum Gasteiger partial charge on any atom is 0.225 e. The van der Waals surface area contributed by atoms with Crippen LogP contribution in [-0.2, 0) is 11.3 Å². The van der Waals surface area contributed by atoms with Crippen molar-refractivity contribution in [1.82, 2.24) is 30.0 Å². The van der Waals surface area contributed by atoms with E-state index in [1.807, 2.05) is 19.2 Å². The normalized spacial score (nSPS) is 25.9. The van der Waals surface area contributed by atoms with Crippen molar-refractivity contribution in [3.8, 4) is 0 Å². The molecule has 0 unspecified atom stereocenters. The van der Waals surface area contributed by atoms with Gasteiger partial charge in [-0.15, -0.1) is 10.2 Å². The number of rotatable bonds is 6. The van der Waals surface area contributed by atoms with E-state index >= 15 is 0 Å². The average Bonchev–Trinajstić information content (AvgIpc) is 3.58. The van der Waals surface area contributed by atoms with Gasteiger partial charge in [0.15, 0.2) is 0 Å². The summed E-state index contributed by atoms with van der Waals surface area (Å²) in [6.07, 6.45) is 8.86. The number of hydrogen-bond acceptors (Lipinski definition) is 5. The van der Waals surface area contributed by atoms with Crippen molar-refractivity contribution in [2.45, 2.75) is 69.7 Å². The van der Waals surface area contributed by atoms with Gasteiger partial charge in [0.25, 0.3) is 0 Å². The molecule has 136 valence electrons. The average molecular weight is 352 g/mol. The molecule has 2 saturated carbocycles. The number of aryl methyl sites for hydroxylation is 1. The highest BCUT2D eigenvalue weighted by Gasteiger charge is 2.47. The SMILES string of the molecule is Cc1nnc(CN[C@@H]2CC(=O)N(C3CC3)[C@H]2c2cccnc2)n1C1CC1. The van der Waals surface area contributed by atoms with E-state index in [-0.39, 0.29) is 18.0 Å². The highest BCUT2D eigenvalue weighted by molar-refractivity contribution is 5.81. The van der Waals surface area contributed by atoms with Crippen LogP contribution >= 0.6 is 0 Å². The van der Waals surface area contributed by atoms with Gasteiger partial charge in [0, 0.05) is 36.9 Å². The minimum atomic E-state index is 0.0575. The van der Waals surface area contributed by atoms with Crippen molar-refractivity contribution in [2.24, 2.45) is 0 Å². The monoisotopic (exact) mass is 352 g/mol. The first kappa shape index (κ1) is 15.9. The second-order valence-electron chi connectivity index (χ2n) is 7.72. The molecule has 0 spiro atoms. The summed E-state index contributed by atoms with van der Waals surface area (Å²) in [5, 5.41) is 12.2. The minimum absolute atomic E-state index is 0.0575. The zero-order chi connectivity index (χ0) is 17.7. The number of pyridine rings is 1. The smallest absolute Gasteiger partial charge is 0.225 e. The molecule has 0 radical (unpaired) electrons. The molecule has 5 rings (SSSR count). The van der Waals surface area contributed by atoms with Crippen molar-refractivity contribution < 1.29 is 4.79 Å². The minimum Gasteiger partial charge on any atom is -0.331 e. The van der Waals surface area contributed by atoms with Crippen LogP contribution in [0.5, 0.6) is 0 Å². The Kier molecular flexibility index (Phi) is 3.77. The Morgan fingerprint density at radius 3 is 2.69 bits per heavy atom. The number of carbonyl (C=O) groups excluding carboxylic acids is 1. The van der Waals surface area contributed by atoms with Crippen LogP contribution in [0.3, 0.4) is 0 Å². The Labute approximate surface area is 152 Å². The molecule has 3 heterocycles. The number of nitrogens with one attached hydrogen (secondary N) is 1. The fourth-order valence-electron chi connectivity index (χ4n) is 4.23. The Bertz CT molecular complexity index is 811. The third-order valence-electron chi connectivity index (χ3n) is 5.70. The first-order valence-corrected chi connectivity index (χ1v) is 9.57. The second kappa shape index (κ2) is 6.16. The van der Waals surface area contributed by atoms with Gasteiger partial charge in [0.2, 0.25) is 5.91 Å². The molecule has 7 nitrogen and oxygen atoms in total. The van der Waals surface area contributed by atoms with Gasteiger partial charge in [0.1, 0.15) is 11.6 Å². The van der Waals surface area contributed by atoms with Crippen LogP contribution < -0.4 is 5.32 Å². The molecule has 3 fully saturated rings. The molecule has 1 saturated heterocycles. The van der Waals surface area contributed by atoms with Crippen LogP contribution in [0.25, 0.3) is 0 Å². The maximum absolute atomic E-state index is 12.7. The highest BCUT2D eigenvalue weighted by Crippen LogP contribution is 2.42. The number of hydrogen-bond donors (Lipinski definition) is 1. The lowest BCUT2D eigenvalue weighted by molar-refractivity contribution is -0.129. The number of aromatic nitrogens is 4. The zero-order valence-electron chi connectivity index (χ0n) is 15.0. The lowest BCUT2D eigenvalue weighted by atomic mass is 10.0. The third kappa shape index (κ3) is 2.80. The predicted octanol–water partition coefficient (Wildman–Crippen LogP) is 1.91. The van der Waals surface area contributed by atoms with Gasteiger partial charge in [-0.1, -0.05) is 6.07 Å². The van der Waals surface area contributed by atoms with E-state index in [0.29, 0.717) is 25.0 Å². The Hall–Kier alpha value is -2.28. The molecule has 0 bridgehead atoms. The van der Waals surface area contributed by atoms with Gasteiger partial charge >= 0.3 is 0 Å². The van der Waals surface area contributed by atoms with Crippen LogP contribution in [0.15, 0.2) is 24.5 Å². The first-order chi connectivity index (χ1) is 12.7. The molecular formula is C19H24N6O. The summed E-state index contributed by atoms with van der Waals surface area (Å²) in [4.78, 5) is 19.0. The second-order valence-corrected chi connectivity index (χ2v) is 7.72. The molecule has 7 heteroatoms. The third-order valence-corrected chi connectivity index (χ3v) is 5.70. The summed E-state index contributed by atoms with van der Waals surface area (Å²) in [5.41, 5.74) is 1.11. The van der Waals surface area contributed by atoms with Crippen molar-refractivity contribution in [3.63, 3.8) is 0 Å². The molecule has 26 heavy (non-hydrogen) atoms. The Morgan fingerprint density at radius 1 is 1.19 bits per heavy atom. The van der Waals surface area contributed by atoms with Gasteiger partial charge in [-0.2, -0.15) is 0 Å². The molecule has 2 atom stereocenters. The fourth-order valence-corrected chi connectivity index (χ4v) is 4.23. The van der Waals surface area contributed by atoms with E-state index in [9.17, 15) is 4.79 Å². The summed E-state index contributed by atoms with van der Waals surface area (Å²) < 4.78 is 2.25. The molecule has 1 N–H and O–H groups in total. The molecule has 1 aliphatic heterocycles. The van der Waals surface area contributed by atoms with Crippen LogP contribution in [0.2, 0.25) is 0 Å². The lowest BCUT2D eigenvalue weighted by Gasteiger charge is -2.29. The molecule has 3 aliphatic rings. The molecular weight excluding hydrogens is 328 g/mol. The van der Waals surface area contributed by atoms with Gasteiger partial charge in [-0.25, -0.2) is 0 Å². The molecule has 2 aliphatic carbocycles. The van der Waals surface area contributed by atoms with Gasteiger partial charge in [-0.05, 0) is 44.2 Å². The van der Waals surface area contributed by atoms with Gasteiger partial charge in [0.05, 0.1) is 12.6 Å². The molecule has 2 aromatic heterocycles. The number of carbonyl (C=O) groups is 1. The van der Waals surface area contributed by atoms with Gasteiger partial charge in [-0.3, -0.25) is 9.78 Å². The standard InChI is InChI=1S/C19H24N6O/c1-12-22-23-17(24(12)14-4-5-14)11-21-16-9-18(26)25(15-6-7-15)19(16)13-3-2-8-20-10-13/h2-3,8,10,14-16,19,21H,4-7,9,11H2,1H3/t16-,19+/m1/s1. The van der Waals surface area contributed by atoms with Crippen molar-refractivity contribution in [3.05, 3.63) is 41.7 Å². The molecule has 1 amide bonds. The number of amides is 1. The first-order valence-electron chi connectivity index (χ1n) is 9.57. The zero-order valence-corrected chi connectivity index (χ0v) is 15.0. The fraction of sp³-hybridized carbons (Fsp3) is 0.579. The predicted molar refractivity (Wildman–Crippen MR) is 95.1 cm³/mol. The Morgan fingerprint density at radius 2 is 2.00 bits per heavy atom. The summed E-state index contributed by atoms with van der Waals surface area (Å²) in [7, 11) is 0. The summed E-state index contributed by atoms with van der Waals surface area (Å²) in [6.45, 7) is 2.66. The van der Waals surface area contributed by atoms with Crippen molar-refractivity contribution in [2.75, 3.05) is 0 Å². The molecule has 0 aromatic carbocycles. The highest BCUT2D eigenvalue weighted by atomic mass is 16.2. The van der Waals surface area contributed by atoms with E-state index in [1.165, 1.54) is 12.8 Å². The van der Waals surface area contributed by atoms with E-state index in [0.717, 1.165) is 30.1 Å². The summed E-state index contributed by atoms with van der Waals surface area (Å²) in [6, 6.07) is 5.13. The molecule has 2 aromatic rings. The Balaban J connectivity index is 1.38. The van der Waals surface area contributed by atoms with Crippen LogP contribution in [0.1, 0.15) is 61.4 Å². The van der Waals surface area contributed by atoms with Crippen LogP contribution in [-0.4, -0.2) is 42.6 Å². The maximum atomic E-state index is 12.7. The van der Waals surface area contributed by atoms with Crippen molar-refractivity contribution >= 4 is 5.91 Å². The lowest BCUT2D eigenvalue weighted by Crippen LogP contribution is -2.37. The summed E-state index contributed by atoms with van der Waals surface area (Å²) >= 11 is 0. The van der Waals surface area contributed by atoms with E-state index in [4.69, 9.17) is 0 Å². The van der Waals surface area contributed by atoms with Crippen molar-refractivity contribution in [1.29, 1.82) is 0 Å². The van der Waals surface area contributed by atoms with Crippen LogP contribution in [0, 0.1) is 6.92 Å². The largest absolute Gasteiger partial charge is 0.331 e. The van der Waals surface area contributed by atoms with E-state index in [1.54, 1.807) is 6.20 Å². The topological polar surface area (TPSA) is 75.9 Å².